The fourth-order valence-corrected chi connectivity index (χ4v) is 1.49. The molecule has 0 spiro atoms. The van der Waals surface area contributed by atoms with Gasteiger partial charge in [0.25, 0.3) is 0 Å². The third kappa shape index (κ3) is 2.95. The van der Waals surface area contributed by atoms with Gasteiger partial charge in [0, 0.05) is 18.0 Å². The predicted molar refractivity (Wildman–Crippen MR) is 65.3 cm³/mol. The van der Waals surface area contributed by atoms with Gasteiger partial charge in [0.1, 0.15) is 18.1 Å². The van der Waals surface area contributed by atoms with Crippen molar-refractivity contribution in [2.24, 2.45) is 0 Å². The van der Waals surface area contributed by atoms with Gasteiger partial charge in [-0.2, -0.15) is 0 Å². The Hall–Kier alpha value is -2.14. The minimum atomic E-state index is -0.109. The maximum Gasteiger partial charge on any atom is 0.166 e. The molecule has 5 nitrogen and oxygen atoms in total. The second-order valence-corrected chi connectivity index (χ2v) is 3.59. The van der Waals surface area contributed by atoms with Gasteiger partial charge >= 0.3 is 0 Å². The van der Waals surface area contributed by atoms with E-state index in [4.69, 9.17) is 9.47 Å². The first-order valence-corrected chi connectivity index (χ1v) is 5.50. The molecule has 2 aromatic rings. The Bertz CT molecular complexity index is 503. The van der Waals surface area contributed by atoms with Gasteiger partial charge in [0.05, 0.1) is 13.7 Å². The predicted octanol–water partition coefficient (Wildman–Crippen LogP) is 1.56. The lowest BCUT2D eigenvalue weighted by atomic mass is 10.2. The molecule has 0 saturated heterocycles. The molecule has 0 amide bonds. The van der Waals surface area contributed by atoms with Gasteiger partial charge in [-0.05, 0) is 24.3 Å². The van der Waals surface area contributed by atoms with Crippen molar-refractivity contribution < 1.29 is 14.6 Å². The SMILES string of the molecule is COc1ccc(OCc2ncccn2)c(CO)c1. The van der Waals surface area contributed by atoms with Crippen LogP contribution in [-0.4, -0.2) is 22.2 Å². The van der Waals surface area contributed by atoms with Crippen LogP contribution >= 0.6 is 0 Å². The van der Waals surface area contributed by atoms with Crippen molar-refractivity contribution in [1.82, 2.24) is 9.97 Å². The second kappa shape index (κ2) is 5.97. The first kappa shape index (κ1) is 12.3. The quantitative estimate of drug-likeness (QED) is 0.867. The zero-order chi connectivity index (χ0) is 12.8. The van der Waals surface area contributed by atoms with E-state index >= 15 is 0 Å². The summed E-state index contributed by atoms with van der Waals surface area (Å²) < 4.78 is 10.7. The molecule has 0 saturated carbocycles. The van der Waals surface area contributed by atoms with Crippen LogP contribution in [0.25, 0.3) is 0 Å². The number of aromatic nitrogens is 2. The highest BCUT2D eigenvalue weighted by atomic mass is 16.5. The van der Waals surface area contributed by atoms with Crippen LogP contribution in [0.15, 0.2) is 36.7 Å². The smallest absolute Gasteiger partial charge is 0.166 e. The lowest BCUT2D eigenvalue weighted by Crippen LogP contribution is -2.02. The van der Waals surface area contributed by atoms with Crippen LogP contribution < -0.4 is 9.47 Å². The topological polar surface area (TPSA) is 64.5 Å². The molecule has 5 heteroatoms. The molecule has 1 N–H and O–H groups in total. The molecule has 2 rings (SSSR count). The van der Waals surface area contributed by atoms with Crippen molar-refractivity contribution in [2.45, 2.75) is 13.2 Å². The number of hydrogen-bond donors (Lipinski definition) is 1. The molecule has 18 heavy (non-hydrogen) atoms. The van der Waals surface area contributed by atoms with Gasteiger partial charge in [-0.1, -0.05) is 0 Å². The molecule has 0 unspecified atom stereocenters. The molecule has 1 aromatic carbocycles. The largest absolute Gasteiger partial charge is 0.497 e. The Morgan fingerprint density at radius 3 is 2.67 bits per heavy atom. The summed E-state index contributed by atoms with van der Waals surface area (Å²) in [4.78, 5) is 8.12. The van der Waals surface area contributed by atoms with Crippen LogP contribution in [0, 0.1) is 0 Å². The number of methoxy groups -OCH3 is 1. The fourth-order valence-electron chi connectivity index (χ4n) is 1.49. The molecule has 0 fully saturated rings. The monoisotopic (exact) mass is 246 g/mol. The number of ether oxygens (including phenoxy) is 2. The summed E-state index contributed by atoms with van der Waals surface area (Å²) in [7, 11) is 1.58. The van der Waals surface area contributed by atoms with Gasteiger partial charge in [-0.3, -0.25) is 0 Å². The summed E-state index contributed by atoms with van der Waals surface area (Å²) in [5, 5.41) is 9.27. The van der Waals surface area contributed by atoms with E-state index in [0.717, 1.165) is 0 Å². The van der Waals surface area contributed by atoms with E-state index in [2.05, 4.69) is 9.97 Å². The number of hydrogen-bond acceptors (Lipinski definition) is 5. The maximum atomic E-state index is 9.27. The molecule has 0 radical (unpaired) electrons. The van der Waals surface area contributed by atoms with Crippen LogP contribution in [-0.2, 0) is 13.2 Å². The first-order chi connectivity index (χ1) is 8.83. The van der Waals surface area contributed by atoms with E-state index in [-0.39, 0.29) is 13.2 Å². The average molecular weight is 246 g/mol. The highest BCUT2D eigenvalue weighted by molar-refractivity contribution is 5.39. The number of benzene rings is 1. The third-order valence-electron chi connectivity index (χ3n) is 2.41. The van der Waals surface area contributed by atoms with E-state index in [1.54, 1.807) is 43.8 Å². The van der Waals surface area contributed by atoms with Crippen LogP contribution in [0.2, 0.25) is 0 Å². The molecule has 1 heterocycles. The fraction of sp³-hybridized carbons (Fsp3) is 0.231. The molecule has 0 aliphatic rings. The van der Waals surface area contributed by atoms with Crippen molar-refractivity contribution in [3.8, 4) is 11.5 Å². The summed E-state index contributed by atoms with van der Waals surface area (Å²) in [6.07, 6.45) is 3.32. The van der Waals surface area contributed by atoms with Gasteiger partial charge in [-0.15, -0.1) is 0 Å². The number of rotatable bonds is 5. The van der Waals surface area contributed by atoms with Crippen molar-refractivity contribution in [1.29, 1.82) is 0 Å². The van der Waals surface area contributed by atoms with Crippen LogP contribution in [0.5, 0.6) is 11.5 Å². The van der Waals surface area contributed by atoms with Crippen molar-refractivity contribution in [3.63, 3.8) is 0 Å². The minimum absolute atomic E-state index is 0.109. The summed E-state index contributed by atoms with van der Waals surface area (Å²) >= 11 is 0. The standard InChI is InChI=1S/C13H14N2O3/c1-17-11-3-4-12(10(7-11)8-16)18-9-13-14-5-2-6-15-13/h2-7,16H,8-9H2,1H3. The van der Waals surface area contributed by atoms with Gasteiger partial charge in [0.2, 0.25) is 0 Å². The summed E-state index contributed by atoms with van der Waals surface area (Å²) in [6.45, 7) is 0.155. The Labute approximate surface area is 105 Å². The Morgan fingerprint density at radius 2 is 2.00 bits per heavy atom. The van der Waals surface area contributed by atoms with Crippen molar-refractivity contribution in [2.75, 3.05) is 7.11 Å². The molecule has 94 valence electrons. The van der Waals surface area contributed by atoms with Gasteiger partial charge in [0.15, 0.2) is 5.82 Å². The third-order valence-corrected chi connectivity index (χ3v) is 2.41. The van der Waals surface area contributed by atoms with E-state index in [0.29, 0.717) is 22.9 Å². The van der Waals surface area contributed by atoms with E-state index in [1.807, 2.05) is 0 Å². The van der Waals surface area contributed by atoms with Gasteiger partial charge < -0.3 is 14.6 Å². The summed E-state index contributed by atoms with van der Waals surface area (Å²) in [5.41, 5.74) is 0.672. The van der Waals surface area contributed by atoms with Crippen molar-refractivity contribution >= 4 is 0 Å². The molecule has 0 bridgehead atoms. The average Bonchev–Trinajstić information content (AvgIpc) is 2.46. The van der Waals surface area contributed by atoms with Crippen LogP contribution in [0.4, 0.5) is 0 Å². The normalized spacial score (nSPS) is 10.1. The summed E-state index contributed by atoms with van der Waals surface area (Å²) in [5.74, 6) is 1.88. The van der Waals surface area contributed by atoms with Crippen LogP contribution in [0.1, 0.15) is 11.4 Å². The van der Waals surface area contributed by atoms with Crippen LogP contribution in [0.3, 0.4) is 0 Å². The van der Waals surface area contributed by atoms with E-state index in [9.17, 15) is 5.11 Å². The Kier molecular flexibility index (Phi) is 4.09. The molecule has 0 aliphatic heterocycles. The Balaban J connectivity index is 2.09. The minimum Gasteiger partial charge on any atom is -0.497 e. The Morgan fingerprint density at radius 1 is 1.22 bits per heavy atom. The lowest BCUT2D eigenvalue weighted by Gasteiger charge is -2.10. The van der Waals surface area contributed by atoms with Crippen molar-refractivity contribution in [3.05, 3.63) is 48.0 Å². The molecule has 0 atom stereocenters. The second-order valence-electron chi connectivity index (χ2n) is 3.59. The highest BCUT2D eigenvalue weighted by Gasteiger charge is 2.06. The van der Waals surface area contributed by atoms with Gasteiger partial charge in [-0.25, -0.2) is 9.97 Å². The maximum absolute atomic E-state index is 9.27. The first-order valence-electron chi connectivity index (χ1n) is 5.50. The number of nitrogens with zero attached hydrogens (tertiary/aromatic N) is 2. The molecular formula is C13H14N2O3. The molecule has 0 aliphatic carbocycles. The zero-order valence-corrected chi connectivity index (χ0v) is 10.0. The highest BCUT2D eigenvalue weighted by Crippen LogP contribution is 2.24. The number of aliphatic hydroxyl groups is 1. The zero-order valence-electron chi connectivity index (χ0n) is 10.0. The molecule has 1 aromatic heterocycles. The summed E-state index contributed by atoms with van der Waals surface area (Å²) in [6, 6.07) is 7.02. The molecular weight excluding hydrogens is 232 g/mol. The lowest BCUT2D eigenvalue weighted by molar-refractivity contribution is 0.254. The van der Waals surface area contributed by atoms with E-state index < -0.39 is 0 Å². The van der Waals surface area contributed by atoms with E-state index in [1.165, 1.54) is 0 Å². The number of aliphatic hydroxyl groups excluding tert-OH is 1.